The van der Waals surface area contributed by atoms with Crippen LogP contribution in [0, 0.1) is 0 Å². The first-order valence-electron chi connectivity index (χ1n) is 13.9. The van der Waals surface area contributed by atoms with E-state index in [1.807, 2.05) is 12.1 Å². The third-order valence-electron chi connectivity index (χ3n) is 8.29. The van der Waals surface area contributed by atoms with Crippen LogP contribution in [0.15, 0.2) is 134 Å². The fourth-order valence-electron chi connectivity index (χ4n) is 6.48. The van der Waals surface area contributed by atoms with E-state index in [1.165, 1.54) is 11.4 Å². The Morgan fingerprint density at radius 3 is 2.32 bits per heavy atom. The molecule has 0 radical (unpaired) electrons. The van der Waals surface area contributed by atoms with Crippen molar-refractivity contribution in [2.45, 2.75) is 0 Å². The molecule has 3 aromatic carbocycles. The molecule has 1 aromatic heterocycles. The Morgan fingerprint density at radius 1 is 0.610 bits per heavy atom. The summed E-state index contributed by atoms with van der Waals surface area (Å²) in [5, 5.41) is 0. The molecule has 9 rings (SSSR count). The van der Waals surface area contributed by atoms with E-state index in [4.69, 9.17) is 9.72 Å². The third-order valence-corrected chi connectivity index (χ3v) is 8.29. The summed E-state index contributed by atoms with van der Waals surface area (Å²) >= 11 is 0. The molecule has 41 heavy (non-hydrogen) atoms. The van der Waals surface area contributed by atoms with E-state index in [9.17, 15) is 0 Å². The van der Waals surface area contributed by atoms with Gasteiger partial charge in [-0.2, -0.15) is 0 Å². The highest BCUT2D eigenvalue weighted by molar-refractivity contribution is 6.76. The van der Waals surface area contributed by atoms with Crippen molar-refractivity contribution in [3.8, 4) is 11.5 Å². The average molecular weight is 530 g/mol. The van der Waals surface area contributed by atoms with E-state index in [-0.39, 0.29) is 14.0 Å². The van der Waals surface area contributed by atoms with E-state index in [0.717, 1.165) is 40.2 Å². The average Bonchev–Trinajstić information content (AvgIpc) is 3.57. The fraction of sp³-hybridized carbons (Fsp3) is 0.0312. The molecule has 0 atom stereocenters. The van der Waals surface area contributed by atoms with E-state index in [2.05, 4.69) is 146 Å². The molecule has 0 saturated carbocycles. The number of allylic oxidation sites excluding steroid dienone is 4. The molecule has 194 valence electrons. The van der Waals surface area contributed by atoms with Gasteiger partial charge in [0.25, 0.3) is 0 Å². The Kier molecular flexibility index (Phi) is 4.72. The summed E-state index contributed by atoms with van der Waals surface area (Å²) in [6, 6.07) is 29.6. The molecule has 7 nitrogen and oxygen atoms in total. The molecule has 0 fully saturated rings. The monoisotopic (exact) mass is 530 g/mol. The maximum absolute atomic E-state index is 6.51. The van der Waals surface area contributed by atoms with Gasteiger partial charge < -0.3 is 28.9 Å². The van der Waals surface area contributed by atoms with E-state index < -0.39 is 0 Å². The van der Waals surface area contributed by atoms with Gasteiger partial charge in [-0.1, -0.05) is 48.4 Å². The molecule has 5 aliphatic rings. The molecule has 9 heteroatoms. The molecule has 6 heterocycles. The van der Waals surface area contributed by atoms with Gasteiger partial charge in [0.1, 0.15) is 23.1 Å². The summed E-state index contributed by atoms with van der Waals surface area (Å²) < 4.78 is 6.51. The van der Waals surface area contributed by atoms with Crippen molar-refractivity contribution < 1.29 is 4.74 Å². The van der Waals surface area contributed by atoms with Crippen molar-refractivity contribution >= 4 is 54.0 Å². The summed E-state index contributed by atoms with van der Waals surface area (Å²) in [5.41, 5.74) is 5.61. The largest absolute Gasteiger partial charge is 0.457 e. The summed E-state index contributed by atoms with van der Waals surface area (Å²) in [6.45, 7) is 0.635. The van der Waals surface area contributed by atoms with Crippen molar-refractivity contribution in [1.82, 2.24) is 4.98 Å². The molecule has 0 aliphatic carbocycles. The predicted molar refractivity (Wildman–Crippen MR) is 168 cm³/mol. The van der Waals surface area contributed by atoms with Gasteiger partial charge in [-0.15, -0.1) is 0 Å². The van der Waals surface area contributed by atoms with Crippen molar-refractivity contribution in [2.24, 2.45) is 0 Å². The number of pyridine rings is 1. The number of nitrogens with zero attached hydrogens (tertiary/aromatic N) is 6. The lowest BCUT2D eigenvalue weighted by Gasteiger charge is -2.35. The summed E-state index contributed by atoms with van der Waals surface area (Å²) in [4.78, 5) is 16.9. The van der Waals surface area contributed by atoms with Gasteiger partial charge in [-0.25, -0.2) is 4.98 Å². The van der Waals surface area contributed by atoms with Crippen LogP contribution in [0.2, 0.25) is 0 Å². The fourth-order valence-corrected chi connectivity index (χ4v) is 6.48. The highest BCUT2D eigenvalue weighted by Gasteiger charge is 2.42. The van der Waals surface area contributed by atoms with Crippen LogP contribution in [-0.4, -0.2) is 25.6 Å². The number of benzene rings is 3. The second-order valence-corrected chi connectivity index (χ2v) is 10.6. The summed E-state index contributed by atoms with van der Waals surface area (Å²) in [6.07, 6.45) is 12.6. The van der Waals surface area contributed by atoms with Gasteiger partial charge in [0.15, 0.2) is 0 Å². The molecular weight excluding hydrogens is 506 g/mol. The topological polar surface area (TPSA) is 38.3 Å². The predicted octanol–water partition coefficient (Wildman–Crippen LogP) is 6.79. The number of ether oxygens (including phenoxy) is 1. The number of anilines is 7. The van der Waals surface area contributed by atoms with Gasteiger partial charge in [0.2, 0.25) is 0 Å². The van der Waals surface area contributed by atoms with Crippen LogP contribution in [0.1, 0.15) is 0 Å². The zero-order chi connectivity index (χ0) is 26.9. The Hall–Kier alpha value is -5.30. The third kappa shape index (κ3) is 3.38. The van der Waals surface area contributed by atoms with Crippen molar-refractivity contribution in [1.29, 1.82) is 0 Å². The number of para-hydroxylation sites is 2. The minimum Gasteiger partial charge on any atom is -0.457 e. The Bertz CT molecular complexity index is 1840. The summed E-state index contributed by atoms with van der Waals surface area (Å²) in [7, 11) is 0. The van der Waals surface area contributed by atoms with Crippen LogP contribution in [0.5, 0.6) is 11.5 Å². The van der Waals surface area contributed by atoms with Gasteiger partial charge in [0, 0.05) is 17.8 Å². The molecule has 0 saturated heterocycles. The SMILES string of the molecule is C1=CB2N(C=C1)c1cccc(n1)N1B3C=CC=CN3c3ccc(cc31)Oc1cccc(c1)N1CN2c2ccccc21. The molecule has 0 N–H and O–H groups in total. The highest BCUT2D eigenvalue weighted by atomic mass is 16.5. The minimum atomic E-state index is -0.0484. The minimum absolute atomic E-state index is 0.0122. The van der Waals surface area contributed by atoms with E-state index >= 15 is 0 Å². The van der Waals surface area contributed by atoms with Crippen LogP contribution in [0.4, 0.5) is 40.1 Å². The first kappa shape index (κ1) is 22.5. The Balaban J connectivity index is 1.27. The lowest BCUT2D eigenvalue weighted by atomic mass is 9.69. The molecule has 0 unspecified atom stereocenters. The second-order valence-electron chi connectivity index (χ2n) is 10.6. The second kappa shape index (κ2) is 8.60. The van der Waals surface area contributed by atoms with Gasteiger partial charge in [-0.05, 0) is 73.1 Å². The molecular formula is C32H24B2N6O. The smallest absolute Gasteiger partial charge is 0.413 e. The number of hydrogen-bond acceptors (Lipinski definition) is 7. The normalized spacial score (nSPS) is 17.1. The van der Waals surface area contributed by atoms with Crippen LogP contribution < -0.4 is 28.9 Å². The number of rotatable bonds is 0. The lowest BCUT2D eigenvalue weighted by Crippen LogP contribution is -2.52. The maximum Gasteiger partial charge on any atom is 0.413 e. The number of fused-ring (bicyclic) bond motifs is 18. The van der Waals surface area contributed by atoms with Crippen LogP contribution in [0.25, 0.3) is 0 Å². The van der Waals surface area contributed by atoms with Crippen LogP contribution in [-0.2, 0) is 0 Å². The number of aromatic nitrogens is 1. The molecule has 0 amide bonds. The standard InChI is InChI=1S/C32H24B2N6O/c1-2-12-28-27(11-1)36-23-39(28)33-17-3-6-20-38(33)31-13-8-14-32(35-31)40-30-22-26(41-25-10-7-9-24(36)21-25)15-16-29(30)37-19-5-4-18-34(37)40/h1-22H,23H2. The molecule has 8 bridgehead atoms. The van der Waals surface area contributed by atoms with E-state index in [1.54, 1.807) is 0 Å². The van der Waals surface area contributed by atoms with Gasteiger partial charge in [-0.3, -0.25) is 0 Å². The quantitative estimate of drug-likeness (QED) is 0.232. The van der Waals surface area contributed by atoms with Crippen molar-refractivity contribution in [3.05, 3.63) is 134 Å². The van der Waals surface area contributed by atoms with Crippen molar-refractivity contribution in [2.75, 3.05) is 30.8 Å². The van der Waals surface area contributed by atoms with Gasteiger partial charge >= 0.3 is 14.0 Å². The van der Waals surface area contributed by atoms with Crippen LogP contribution >= 0.6 is 0 Å². The molecule has 4 aromatic rings. The highest BCUT2D eigenvalue weighted by Crippen LogP contribution is 2.47. The van der Waals surface area contributed by atoms with Crippen LogP contribution in [0.3, 0.4) is 0 Å². The van der Waals surface area contributed by atoms with E-state index in [0.29, 0.717) is 6.67 Å². The van der Waals surface area contributed by atoms with Gasteiger partial charge in [0.05, 0.1) is 29.4 Å². The van der Waals surface area contributed by atoms with Crippen molar-refractivity contribution in [3.63, 3.8) is 0 Å². The first-order valence-corrected chi connectivity index (χ1v) is 13.9. The number of hydrogen-bond donors (Lipinski definition) is 0. The molecule has 5 aliphatic heterocycles. The zero-order valence-electron chi connectivity index (χ0n) is 22.2. The molecule has 0 spiro atoms. The zero-order valence-corrected chi connectivity index (χ0v) is 22.2. The Morgan fingerprint density at radius 2 is 1.39 bits per heavy atom. The lowest BCUT2D eigenvalue weighted by molar-refractivity contribution is 0.483. The Labute approximate surface area is 239 Å². The first-order chi connectivity index (χ1) is 20.3. The summed E-state index contributed by atoms with van der Waals surface area (Å²) in [5.74, 6) is 7.81. The maximum atomic E-state index is 6.51.